The van der Waals surface area contributed by atoms with E-state index in [0.717, 1.165) is 12.8 Å². The number of hydrogen-bond acceptors (Lipinski definition) is 2. The molecule has 4 heteroatoms. The molecule has 0 aromatic rings. The number of hydrogen-bond donors (Lipinski definition) is 0. The third-order valence-electron chi connectivity index (χ3n) is 1.72. The number of nitrogens with zero attached hydrogens (tertiary/aromatic N) is 1. The molecule has 0 aromatic carbocycles. The summed E-state index contributed by atoms with van der Waals surface area (Å²) in [6.07, 6.45) is 1.80. The highest BCUT2D eigenvalue weighted by Gasteiger charge is 2.37. The van der Waals surface area contributed by atoms with E-state index in [1.807, 2.05) is 6.07 Å². The molecule has 0 radical (unpaired) electrons. The van der Waals surface area contributed by atoms with Crippen LogP contribution in [-0.4, -0.2) is 17.0 Å². The van der Waals surface area contributed by atoms with Gasteiger partial charge in [-0.2, -0.15) is 5.26 Å². The predicted octanol–water partition coefficient (Wildman–Crippen LogP) is 2.25. The molecular weight excluding hydrogens is 185 g/mol. The third kappa shape index (κ3) is 2.23. The molecule has 1 saturated heterocycles. The van der Waals surface area contributed by atoms with Crippen molar-refractivity contribution < 1.29 is 4.74 Å². The molecule has 0 saturated carbocycles. The van der Waals surface area contributed by atoms with Crippen LogP contribution in [0.25, 0.3) is 0 Å². The molecule has 11 heavy (non-hydrogen) atoms. The zero-order valence-electron chi connectivity index (χ0n) is 6.02. The maximum Gasteiger partial charge on any atom is 0.157 e. The second-order valence-corrected chi connectivity index (χ2v) is 4.14. The van der Waals surface area contributed by atoms with Gasteiger partial charge in [-0.25, -0.2) is 0 Å². The molecule has 1 aliphatic heterocycles. The fraction of sp³-hybridized carbons (Fsp3) is 0.857. The topological polar surface area (TPSA) is 33.0 Å². The van der Waals surface area contributed by atoms with Crippen LogP contribution in [0.15, 0.2) is 0 Å². The second-order valence-electron chi connectivity index (χ2n) is 2.60. The fourth-order valence-electron chi connectivity index (χ4n) is 1.13. The van der Waals surface area contributed by atoms with Crippen molar-refractivity contribution in [2.45, 2.75) is 29.7 Å². The Labute approximate surface area is 76.0 Å². The van der Waals surface area contributed by atoms with E-state index in [-0.39, 0.29) is 12.5 Å². The highest BCUT2D eigenvalue weighted by Crippen LogP contribution is 2.36. The normalized spacial score (nSPS) is 25.0. The van der Waals surface area contributed by atoms with Gasteiger partial charge in [-0.1, -0.05) is 23.2 Å². The van der Waals surface area contributed by atoms with Crippen LogP contribution in [0, 0.1) is 11.3 Å². The summed E-state index contributed by atoms with van der Waals surface area (Å²) < 4.78 is 4.25. The number of nitriles is 1. The van der Waals surface area contributed by atoms with E-state index in [4.69, 9.17) is 33.2 Å². The van der Waals surface area contributed by atoms with Gasteiger partial charge in [0.05, 0.1) is 18.6 Å². The predicted molar refractivity (Wildman–Crippen MR) is 43.6 cm³/mol. The largest absolute Gasteiger partial charge is 0.375 e. The molecule has 0 N–H and O–H groups in total. The third-order valence-corrected chi connectivity index (χ3v) is 2.47. The van der Waals surface area contributed by atoms with Gasteiger partial charge < -0.3 is 4.74 Å². The van der Waals surface area contributed by atoms with E-state index in [1.54, 1.807) is 0 Å². The molecule has 1 fully saturated rings. The van der Waals surface area contributed by atoms with Gasteiger partial charge in [0, 0.05) is 6.61 Å². The molecule has 0 spiro atoms. The van der Waals surface area contributed by atoms with E-state index >= 15 is 0 Å². The first kappa shape index (κ1) is 9.12. The summed E-state index contributed by atoms with van der Waals surface area (Å²) in [5.41, 5.74) is 0. The van der Waals surface area contributed by atoms with Gasteiger partial charge in [-0.05, 0) is 12.8 Å². The van der Waals surface area contributed by atoms with Gasteiger partial charge in [0.25, 0.3) is 0 Å². The highest BCUT2D eigenvalue weighted by atomic mass is 35.5. The van der Waals surface area contributed by atoms with Crippen LogP contribution in [-0.2, 0) is 4.74 Å². The molecule has 0 aromatic heterocycles. The fourth-order valence-corrected chi connectivity index (χ4v) is 1.59. The standard InChI is InChI=1S/C7H9Cl2NO/c8-7(9,3-4-10)6-2-1-5-11-6/h6H,1-3,5H2. The average molecular weight is 194 g/mol. The van der Waals surface area contributed by atoms with Crippen molar-refractivity contribution >= 4 is 23.2 Å². The molecule has 0 aliphatic carbocycles. The van der Waals surface area contributed by atoms with Crippen LogP contribution in [0.1, 0.15) is 19.3 Å². The number of alkyl halides is 2. The monoisotopic (exact) mass is 193 g/mol. The minimum absolute atomic E-state index is 0.126. The SMILES string of the molecule is N#CCC(Cl)(Cl)C1CCCO1. The van der Waals surface area contributed by atoms with Crippen molar-refractivity contribution in [1.82, 2.24) is 0 Å². The Kier molecular flexibility index (Phi) is 3.00. The van der Waals surface area contributed by atoms with Crippen LogP contribution >= 0.6 is 23.2 Å². The maximum atomic E-state index is 8.39. The Hall–Kier alpha value is 0.0300. The van der Waals surface area contributed by atoms with E-state index in [0.29, 0.717) is 6.61 Å². The van der Waals surface area contributed by atoms with Crippen LogP contribution in [0.5, 0.6) is 0 Å². The number of rotatable bonds is 2. The highest BCUT2D eigenvalue weighted by molar-refractivity contribution is 6.49. The Bertz CT molecular complexity index is 170. The van der Waals surface area contributed by atoms with Crippen molar-refractivity contribution in [2.24, 2.45) is 0 Å². The maximum absolute atomic E-state index is 8.39. The Balaban J connectivity index is 2.49. The molecule has 0 bridgehead atoms. The lowest BCUT2D eigenvalue weighted by atomic mass is 10.1. The molecule has 1 heterocycles. The van der Waals surface area contributed by atoms with Crippen LogP contribution in [0.3, 0.4) is 0 Å². The minimum Gasteiger partial charge on any atom is -0.375 e. The summed E-state index contributed by atoms with van der Waals surface area (Å²) in [4.78, 5) is 0. The molecule has 1 unspecified atom stereocenters. The van der Waals surface area contributed by atoms with Gasteiger partial charge in [-0.3, -0.25) is 0 Å². The van der Waals surface area contributed by atoms with Crippen molar-refractivity contribution in [3.63, 3.8) is 0 Å². The molecule has 1 rings (SSSR count). The van der Waals surface area contributed by atoms with E-state index < -0.39 is 4.33 Å². The van der Waals surface area contributed by atoms with E-state index in [9.17, 15) is 0 Å². The first-order valence-corrected chi connectivity index (χ1v) is 4.29. The van der Waals surface area contributed by atoms with Gasteiger partial charge in [0.15, 0.2) is 4.33 Å². The summed E-state index contributed by atoms with van der Waals surface area (Å²) >= 11 is 11.7. The number of ether oxygens (including phenoxy) is 1. The lowest BCUT2D eigenvalue weighted by Gasteiger charge is -2.22. The number of halogens is 2. The minimum atomic E-state index is -1.01. The van der Waals surface area contributed by atoms with Gasteiger partial charge in [-0.15, -0.1) is 0 Å². The van der Waals surface area contributed by atoms with Crippen LogP contribution < -0.4 is 0 Å². The lowest BCUT2D eigenvalue weighted by molar-refractivity contribution is 0.0985. The Morgan fingerprint density at radius 1 is 1.64 bits per heavy atom. The summed E-state index contributed by atoms with van der Waals surface area (Å²) in [5, 5.41) is 8.39. The summed E-state index contributed by atoms with van der Waals surface area (Å²) in [6, 6.07) is 1.94. The van der Waals surface area contributed by atoms with E-state index in [1.165, 1.54) is 0 Å². The molecular formula is C7H9Cl2NO. The lowest BCUT2D eigenvalue weighted by Crippen LogP contribution is -2.29. The zero-order valence-corrected chi connectivity index (χ0v) is 7.53. The Morgan fingerprint density at radius 2 is 2.36 bits per heavy atom. The summed E-state index contributed by atoms with van der Waals surface area (Å²) in [5.74, 6) is 0. The molecule has 2 nitrogen and oxygen atoms in total. The quantitative estimate of drug-likeness (QED) is 0.631. The smallest absolute Gasteiger partial charge is 0.157 e. The van der Waals surface area contributed by atoms with Crippen LogP contribution in [0.2, 0.25) is 0 Å². The average Bonchev–Trinajstić information content (AvgIpc) is 2.37. The molecule has 0 amide bonds. The first-order valence-electron chi connectivity index (χ1n) is 3.53. The van der Waals surface area contributed by atoms with Gasteiger partial charge in [0.1, 0.15) is 0 Å². The van der Waals surface area contributed by atoms with Gasteiger partial charge >= 0.3 is 0 Å². The molecule has 62 valence electrons. The first-order chi connectivity index (χ1) is 5.17. The van der Waals surface area contributed by atoms with E-state index in [2.05, 4.69) is 0 Å². The van der Waals surface area contributed by atoms with Gasteiger partial charge in [0.2, 0.25) is 0 Å². The molecule has 1 atom stereocenters. The van der Waals surface area contributed by atoms with Crippen molar-refractivity contribution in [1.29, 1.82) is 5.26 Å². The zero-order chi connectivity index (χ0) is 8.32. The summed E-state index contributed by atoms with van der Waals surface area (Å²) in [7, 11) is 0. The van der Waals surface area contributed by atoms with Crippen molar-refractivity contribution in [2.75, 3.05) is 6.61 Å². The van der Waals surface area contributed by atoms with Crippen LogP contribution in [0.4, 0.5) is 0 Å². The molecule has 1 aliphatic rings. The van der Waals surface area contributed by atoms with Crippen molar-refractivity contribution in [3.8, 4) is 6.07 Å². The van der Waals surface area contributed by atoms with Crippen molar-refractivity contribution in [3.05, 3.63) is 0 Å². The summed E-state index contributed by atoms with van der Waals surface area (Å²) in [6.45, 7) is 0.706. The second kappa shape index (κ2) is 3.62. The Morgan fingerprint density at radius 3 is 2.82 bits per heavy atom.